The predicted molar refractivity (Wildman–Crippen MR) is 157 cm³/mol. The molecule has 1 spiro atoms. The molecular weight excluding hydrogens is 588 g/mol. The van der Waals surface area contributed by atoms with Gasteiger partial charge in [0.1, 0.15) is 18.2 Å². The van der Waals surface area contributed by atoms with Gasteiger partial charge in [0.2, 0.25) is 11.8 Å². The number of aliphatic hydroxyl groups is 1. The van der Waals surface area contributed by atoms with Crippen LogP contribution in [0.2, 0.25) is 0 Å². The normalized spacial score (nSPS) is 28.7. The van der Waals surface area contributed by atoms with Gasteiger partial charge in [-0.15, -0.1) is 6.58 Å². The molecule has 1 N–H and O–H groups in total. The fraction of sp³-hybridized carbons (Fsp3) is 0.406. The van der Waals surface area contributed by atoms with Crippen molar-refractivity contribution in [2.75, 3.05) is 19.8 Å². The van der Waals surface area contributed by atoms with E-state index < -0.39 is 41.6 Å². The second-order valence-corrected chi connectivity index (χ2v) is 12.0. The molecular formula is C32H35BrN2O6. The van der Waals surface area contributed by atoms with Crippen molar-refractivity contribution in [3.8, 4) is 0 Å². The Morgan fingerprint density at radius 2 is 1.78 bits per heavy atom. The SMILES string of the molecule is C=CCOC(=O)[C@H]1[C@H]2C(=O)N([C@@H](CO)Cc3ccccc3)C(C(=O)N(CC=C)Cc3ccccc3)C23CC(Br)[C@@H]1O3. The highest BCUT2D eigenvalue weighted by molar-refractivity contribution is 9.09. The Morgan fingerprint density at radius 1 is 1.12 bits per heavy atom. The highest BCUT2D eigenvalue weighted by Crippen LogP contribution is 2.60. The van der Waals surface area contributed by atoms with Gasteiger partial charge in [-0.2, -0.15) is 0 Å². The standard InChI is InChI=1S/C32H35BrN2O6/c1-3-15-34(19-22-13-9-6-10-14-22)30(38)28-32-18-24(33)27(41-32)25(31(39)40-16-4-2)26(32)29(37)35(28)23(20-36)17-21-11-7-5-8-12-21/h3-14,23-28,36H,1-2,15-20H2/t23-,24?,25+,26+,27+,28?,32?/m1/s1. The molecule has 3 aliphatic heterocycles. The van der Waals surface area contributed by atoms with Gasteiger partial charge in [-0.3, -0.25) is 14.4 Å². The summed E-state index contributed by atoms with van der Waals surface area (Å²) in [5.41, 5.74) is 0.583. The van der Waals surface area contributed by atoms with Gasteiger partial charge in [-0.1, -0.05) is 95.3 Å². The van der Waals surface area contributed by atoms with Gasteiger partial charge in [-0.25, -0.2) is 0 Å². The number of ether oxygens (including phenoxy) is 2. The quantitative estimate of drug-likeness (QED) is 0.222. The van der Waals surface area contributed by atoms with Crippen LogP contribution in [0.25, 0.3) is 0 Å². The lowest BCUT2D eigenvalue weighted by Crippen LogP contribution is -2.59. The van der Waals surface area contributed by atoms with Gasteiger partial charge < -0.3 is 24.4 Å². The van der Waals surface area contributed by atoms with Crippen LogP contribution >= 0.6 is 15.9 Å². The molecule has 0 aliphatic carbocycles. The molecule has 216 valence electrons. The smallest absolute Gasteiger partial charge is 0.312 e. The third-order valence-corrected chi connectivity index (χ3v) is 9.22. The van der Waals surface area contributed by atoms with Crippen molar-refractivity contribution >= 4 is 33.7 Å². The lowest BCUT2D eigenvalue weighted by molar-refractivity contribution is -0.155. The molecule has 3 saturated heterocycles. The van der Waals surface area contributed by atoms with Crippen LogP contribution in [0.15, 0.2) is 86.0 Å². The van der Waals surface area contributed by atoms with Gasteiger partial charge >= 0.3 is 5.97 Å². The van der Waals surface area contributed by atoms with Crippen LogP contribution in [0.1, 0.15) is 17.5 Å². The van der Waals surface area contributed by atoms with Crippen molar-refractivity contribution in [3.05, 3.63) is 97.1 Å². The maximum absolute atomic E-state index is 14.6. The Morgan fingerprint density at radius 3 is 2.39 bits per heavy atom. The summed E-state index contributed by atoms with van der Waals surface area (Å²) in [5, 5.41) is 10.6. The zero-order valence-corrected chi connectivity index (χ0v) is 24.4. The number of nitrogens with zero attached hydrogens (tertiary/aromatic N) is 2. The number of esters is 1. The van der Waals surface area contributed by atoms with Crippen molar-refractivity contribution in [2.45, 2.75) is 48.0 Å². The lowest BCUT2D eigenvalue weighted by Gasteiger charge is -2.39. The highest BCUT2D eigenvalue weighted by atomic mass is 79.9. The number of carbonyl (C=O) groups is 3. The number of rotatable bonds is 12. The molecule has 2 aromatic carbocycles. The predicted octanol–water partition coefficient (Wildman–Crippen LogP) is 3.28. The van der Waals surface area contributed by atoms with Gasteiger partial charge in [-0.05, 0) is 24.0 Å². The lowest BCUT2D eigenvalue weighted by atomic mass is 9.70. The van der Waals surface area contributed by atoms with E-state index in [1.807, 2.05) is 60.7 Å². The van der Waals surface area contributed by atoms with Gasteiger partial charge in [0, 0.05) is 17.9 Å². The molecule has 0 saturated carbocycles. The monoisotopic (exact) mass is 622 g/mol. The number of fused-ring (bicyclic) bond motifs is 1. The summed E-state index contributed by atoms with van der Waals surface area (Å²) in [5.74, 6) is -3.04. The number of halogens is 1. The van der Waals surface area contributed by atoms with E-state index in [1.165, 1.54) is 11.0 Å². The first-order valence-corrected chi connectivity index (χ1v) is 14.8. The fourth-order valence-electron chi connectivity index (χ4n) is 6.75. The van der Waals surface area contributed by atoms with Crippen LogP contribution in [-0.4, -0.2) is 81.1 Å². The highest BCUT2D eigenvalue weighted by Gasteiger charge is 2.77. The molecule has 2 bridgehead atoms. The average molecular weight is 624 g/mol. The van der Waals surface area contributed by atoms with E-state index in [2.05, 4.69) is 29.1 Å². The Bertz CT molecular complexity index is 1290. The van der Waals surface area contributed by atoms with Crippen molar-refractivity contribution in [3.63, 3.8) is 0 Å². The van der Waals surface area contributed by atoms with Crippen molar-refractivity contribution in [1.29, 1.82) is 0 Å². The second-order valence-electron chi connectivity index (χ2n) is 10.8. The first kappa shape index (κ1) is 29.2. The number of benzene rings is 2. The molecule has 2 aromatic rings. The molecule has 2 amide bonds. The number of hydrogen-bond acceptors (Lipinski definition) is 6. The average Bonchev–Trinajstić information content (AvgIpc) is 3.58. The molecule has 0 aromatic heterocycles. The van der Waals surface area contributed by atoms with E-state index in [1.54, 1.807) is 11.0 Å². The molecule has 9 heteroatoms. The largest absolute Gasteiger partial charge is 0.461 e. The van der Waals surface area contributed by atoms with Crippen molar-refractivity contribution in [1.82, 2.24) is 9.80 Å². The van der Waals surface area contributed by atoms with Crippen molar-refractivity contribution in [2.24, 2.45) is 11.8 Å². The van der Waals surface area contributed by atoms with Gasteiger partial charge in [0.15, 0.2) is 0 Å². The minimum absolute atomic E-state index is 0.00640. The Balaban J connectivity index is 1.58. The van der Waals surface area contributed by atoms with E-state index in [0.29, 0.717) is 19.4 Å². The maximum Gasteiger partial charge on any atom is 0.312 e. The Kier molecular flexibility index (Phi) is 8.77. The summed E-state index contributed by atoms with van der Waals surface area (Å²) in [4.78, 5) is 45.3. The van der Waals surface area contributed by atoms with Crippen LogP contribution in [0.5, 0.6) is 0 Å². The minimum atomic E-state index is -1.26. The number of carbonyl (C=O) groups excluding carboxylic acids is 3. The van der Waals surface area contributed by atoms with E-state index in [0.717, 1.165) is 11.1 Å². The topological polar surface area (TPSA) is 96.4 Å². The Labute approximate surface area is 248 Å². The van der Waals surface area contributed by atoms with E-state index in [-0.39, 0.29) is 36.4 Å². The third kappa shape index (κ3) is 5.27. The summed E-state index contributed by atoms with van der Waals surface area (Å²) >= 11 is 3.68. The zero-order chi connectivity index (χ0) is 29.1. The van der Waals surface area contributed by atoms with Crippen LogP contribution < -0.4 is 0 Å². The number of amides is 2. The molecule has 0 radical (unpaired) electrons. The molecule has 41 heavy (non-hydrogen) atoms. The fourth-order valence-corrected chi connectivity index (χ4v) is 7.69. The van der Waals surface area contributed by atoms with E-state index in [4.69, 9.17) is 9.47 Å². The van der Waals surface area contributed by atoms with Gasteiger partial charge in [0.25, 0.3) is 0 Å². The molecule has 3 heterocycles. The van der Waals surface area contributed by atoms with Crippen LogP contribution in [0.3, 0.4) is 0 Å². The first-order valence-electron chi connectivity index (χ1n) is 13.9. The van der Waals surface area contributed by atoms with Gasteiger partial charge in [0.05, 0.1) is 30.6 Å². The molecule has 5 rings (SSSR count). The first-order chi connectivity index (χ1) is 19.9. The summed E-state index contributed by atoms with van der Waals surface area (Å²) in [6, 6.07) is 17.4. The number of hydrogen-bond donors (Lipinski definition) is 1. The molecule has 3 fully saturated rings. The third-order valence-electron chi connectivity index (χ3n) is 8.37. The molecule has 7 atom stereocenters. The zero-order valence-electron chi connectivity index (χ0n) is 22.8. The van der Waals surface area contributed by atoms with Crippen LogP contribution in [-0.2, 0) is 36.8 Å². The van der Waals surface area contributed by atoms with E-state index in [9.17, 15) is 19.5 Å². The summed E-state index contributed by atoms with van der Waals surface area (Å²) < 4.78 is 12.0. The number of alkyl halides is 1. The molecule has 3 unspecified atom stereocenters. The molecule has 3 aliphatic rings. The van der Waals surface area contributed by atoms with Crippen LogP contribution in [0.4, 0.5) is 0 Å². The second kappa shape index (κ2) is 12.3. The Hall–Kier alpha value is -3.27. The minimum Gasteiger partial charge on any atom is -0.461 e. The summed E-state index contributed by atoms with van der Waals surface area (Å²) in [6.07, 6.45) is 3.20. The maximum atomic E-state index is 14.6. The summed E-state index contributed by atoms with van der Waals surface area (Å²) in [6.45, 7) is 7.68. The summed E-state index contributed by atoms with van der Waals surface area (Å²) in [7, 11) is 0. The van der Waals surface area contributed by atoms with Crippen molar-refractivity contribution < 1.29 is 29.0 Å². The van der Waals surface area contributed by atoms with Crippen LogP contribution in [0, 0.1) is 11.8 Å². The number of aliphatic hydroxyl groups excluding tert-OH is 1. The number of likely N-dealkylation sites (tertiary alicyclic amines) is 1. The van der Waals surface area contributed by atoms with E-state index >= 15 is 0 Å². The molecule has 8 nitrogen and oxygen atoms in total.